The molecule has 2 rings (SSSR count). The van der Waals surface area contributed by atoms with Crippen LogP contribution in [0.1, 0.15) is 31.9 Å². The van der Waals surface area contributed by atoms with Crippen molar-refractivity contribution in [2.45, 2.75) is 64.1 Å². The van der Waals surface area contributed by atoms with Crippen molar-refractivity contribution in [2.75, 3.05) is 13.7 Å². The first kappa shape index (κ1) is 26.1. The van der Waals surface area contributed by atoms with Crippen LogP contribution in [0.4, 0.5) is 0 Å². The lowest BCUT2D eigenvalue weighted by molar-refractivity contribution is 0.00361. The van der Waals surface area contributed by atoms with Gasteiger partial charge >= 0.3 is 0 Å². The van der Waals surface area contributed by atoms with E-state index in [1.54, 1.807) is 7.11 Å². The van der Waals surface area contributed by atoms with Gasteiger partial charge in [-0.1, -0.05) is 93.7 Å². The van der Waals surface area contributed by atoms with Gasteiger partial charge in [0.05, 0.1) is 19.8 Å². The third-order valence-electron chi connectivity index (χ3n) is 6.37. The summed E-state index contributed by atoms with van der Waals surface area (Å²) < 4.78 is 12.0. The van der Waals surface area contributed by atoms with E-state index in [1.165, 1.54) is 11.1 Å². The molecule has 0 aliphatic rings. The second-order valence-electron chi connectivity index (χ2n) is 9.70. The minimum atomic E-state index is -2.02. The molecule has 0 saturated heterocycles. The van der Waals surface area contributed by atoms with Crippen LogP contribution in [-0.2, 0) is 22.3 Å². The van der Waals surface area contributed by atoms with Crippen LogP contribution in [-0.4, -0.2) is 44.2 Å². The van der Waals surface area contributed by atoms with Gasteiger partial charge in [0.2, 0.25) is 0 Å². The Labute approximate surface area is 195 Å². The van der Waals surface area contributed by atoms with Crippen molar-refractivity contribution >= 4 is 8.32 Å². The highest BCUT2D eigenvalue weighted by Crippen LogP contribution is 2.37. The molecule has 2 aromatic rings. The Hall–Kier alpha value is -2.14. The van der Waals surface area contributed by atoms with Gasteiger partial charge in [-0.05, 0) is 29.3 Å². The molecule has 0 radical (unpaired) electrons. The Bertz CT molecular complexity index is 829. The maximum absolute atomic E-state index is 11.3. The summed E-state index contributed by atoms with van der Waals surface area (Å²) in [6, 6.07) is 20.3. The molecule has 0 aliphatic carbocycles. The molecule has 2 aromatic carbocycles. The summed E-state index contributed by atoms with van der Waals surface area (Å²) >= 11 is 0. The monoisotopic (exact) mass is 453 g/mol. The number of aliphatic hydroxyl groups is 1. The van der Waals surface area contributed by atoms with E-state index in [0.717, 1.165) is 0 Å². The molecule has 0 spiro atoms. The van der Waals surface area contributed by atoms with E-state index in [4.69, 9.17) is 9.16 Å². The van der Waals surface area contributed by atoms with Gasteiger partial charge in [-0.3, -0.25) is 4.90 Å². The first-order valence-corrected chi connectivity index (χ1v) is 14.1. The molecule has 0 fully saturated rings. The number of nitrogens with zero attached hydrogens (tertiary/aromatic N) is 1. The largest absolute Gasteiger partial charge is 0.490 e. The molecule has 2 atom stereocenters. The van der Waals surface area contributed by atoms with Crippen molar-refractivity contribution in [3.05, 3.63) is 89.9 Å². The van der Waals surface area contributed by atoms with Gasteiger partial charge in [-0.2, -0.15) is 0 Å². The molecule has 5 heteroatoms. The lowest BCUT2D eigenvalue weighted by atomic mass is 10.1. The van der Waals surface area contributed by atoms with Gasteiger partial charge in [0.15, 0.2) is 14.1 Å². The molecule has 0 amide bonds. The van der Waals surface area contributed by atoms with Crippen molar-refractivity contribution in [1.29, 1.82) is 0 Å². The number of benzene rings is 2. The molecule has 1 N–H and O–H groups in total. The van der Waals surface area contributed by atoms with Crippen LogP contribution >= 0.6 is 0 Å². The van der Waals surface area contributed by atoms with Crippen molar-refractivity contribution in [2.24, 2.45) is 0 Å². The fourth-order valence-electron chi connectivity index (χ4n) is 3.30. The third-order valence-corrected chi connectivity index (χ3v) is 10.9. The van der Waals surface area contributed by atoms with E-state index in [2.05, 4.69) is 75.3 Å². The summed E-state index contributed by atoms with van der Waals surface area (Å²) in [6.07, 6.45) is -0.908. The van der Waals surface area contributed by atoms with E-state index in [-0.39, 0.29) is 11.1 Å². The van der Waals surface area contributed by atoms with Crippen LogP contribution in [0.5, 0.6) is 0 Å². The third kappa shape index (κ3) is 7.19. The zero-order valence-electron chi connectivity index (χ0n) is 20.5. The first-order valence-electron chi connectivity index (χ1n) is 11.2. The van der Waals surface area contributed by atoms with Crippen molar-refractivity contribution in [3.63, 3.8) is 0 Å². The van der Waals surface area contributed by atoms with Crippen LogP contribution in [0.25, 0.3) is 0 Å². The summed E-state index contributed by atoms with van der Waals surface area (Å²) in [5.41, 5.74) is 5.12. The maximum Gasteiger partial charge on any atom is 0.192 e. The highest BCUT2D eigenvalue weighted by atomic mass is 28.4. The van der Waals surface area contributed by atoms with E-state index in [1.807, 2.05) is 36.4 Å². The van der Waals surface area contributed by atoms with Gasteiger partial charge < -0.3 is 14.3 Å². The second kappa shape index (κ2) is 11.6. The summed E-state index contributed by atoms with van der Waals surface area (Å²) in [6.45, 7) is 16.6. The van der Waals surface area contributed by atoms with Crippen molar-refractivity contribution < 1.29 is 14.3 Å². The normalized spacial score (nSPS) is 14.0. The number of rotatable bonds is 11. The molecule has 0 aromatic heterocycles. The summed E-state index contributed by atoms with van der Waals surface area (Å²) in [7, 11) is -0.480. The predicted molar refractivity (Wildman–Crippen MR) is 135 cm³/mol. The number of ether oxygens (including phenoxy) is 1. The van der Waals surface area contributed by atoms with Crippen LogP contribution in [0.2, 0.25) is 18.1 Å². The molecule has 0 bridgehead atoms. The molecule has 0 unspecified atom stereocenters. The average Bonchev–Trinajstić information content (AvgIpc) is 2.75. The predicted octanol–water partition coefficient (Wildman–Crippen LogP) is 5.76. The highest BCUT2D eigenvalue weighted by molar-refractivity contribution is 6.74. The summed E-state index contributed by atoms with van der Waals surface area (Å²) in [5.74, 6) is 0.333. The summed E-state index contributed by atoms with van der Waals surface area (Å²) in [5, 5.41) is 11.4. The van der Waals surface area contributed by atoms with Gasteiger partial charge in [-0.25, -0.2) is 0 Å². The number of methoxy groups -OCH3 is 1. The molecule has 32 heavy (non-hydrogen) atoms. The molecule has 0 heterocycles. The minimum absolute atomic E-state index is 0.0740. The number of hydrogen-bond acceptors (Lipinski definition) is 4. The zero-order valence-corrected chi connectivity index (χ0v) is 21.5. The Morgan fingerprint density at radius 2 is 1.47 bits per heavy atom. The van der Waals surface area contributed by atoms with Crippen molar-refractivity contribution in [1.82, 2.24) is 4.90 Å². The van der Waals surface area contributed by atoms with Gasteiger partial charge in [0.25, 0.3) is 0 Å². The standard InChI is InChI=1S/C27H39NO3Si/c1-8-25(30-5)26(29)24(21-31-32(6,7)27(2,3)4)28(19-22-15-11-9-12-16-22)20-23-17-13-10-14-18-23/h9-18,24,26,29H,1,19-21H2,2-7H3/t24-,26-/m1/s1. The summed E-state index contributed by atoms with van der Waals surface area (Å²) in [4.78, 5) is 2.26. The van der Waals surface area contributed by atoms with E-state index >= 15 is 0 Å². The van der Waals surface area contributed by atoms with Gasteiger partial charge in [-0.15, -0.1) is 0 Å². The average molecular weight is 454 g/mol. The quantitative estimate of drug-likeness (QED) is 0.267. The van der Waals surface area contributed by atoms with Crippen LogP contribution in [0, 0.1) is 0 Å². The minimum Gasteiger partial charge on any atom is -0.490 e. The molecule has 0 saturated carbocycles. The maximum atomic E-state index is 11.3. The Morgan fingerprint density at radius 1 is 1.00 bits per heavy atom. The molecular weight excluding hydrogens is 414 g/mol. The Balaban J connectivity index is 2.42. The highest BCUT2D eigenvalue weighted by Gasteiger charge is 2.39. The molecular formula is C27H39NO3Si. The van der Waals surface area contributed by atoms with Crippen LogP contribution in [0.15, 0.2) is 78.7 Å². The van der Waals surface area contributed by atoms with Crippen LogP contribution < -0.4 is 0 Å². The SMILES string of the molecule is C=C=C(OC)[C@H](O)[C@@H](CO[Si](C)(C)C(C)(C)C)N(Cc1ccccc1)Cc1ccccc1. The molecule has 174 valence electrons. The second-order valence-corrected chi connectivity index (χ2v) is 14.5. The van der Waals surface area contributed by atoms with E-state index in [0.29, 0.717) is 25.5 Å². The lowest BCUT2D eigenvalue weighted by Crippen LogP contribution is -2.51. The van der Waals surface area contributed by atoms with E-state index in [9.17, 15) is 5.11 Å². The Kier molecular flexibility index (Phi) is 9.50. The molecule has 0 aliphatic heterocycles. The van der Waals surface area contributed by atoms with Crippen LogP contribution in [0.3, 0.4) is 0 Å². The topological polar surface area (TPSA) is 41.9 Å². The van der Waals surface area contributed by atoms with Crippen molar-refractivity contribution in [3.8, 4) is 0 Å². The van der Waals surface area contributed by atoms with E-state index < -0.39 is 14.4 Å². The number of hydrogen-bond donors (Lipinski definition) is 1. The van der Waals surface area contributed by atoms with Gasteiger partial charge in [0.1, 0.15) is 6.10 Å². The smallest absolute Gasteiger partial charge is 0.192 e. The fraction of sp³-hybridized carbons (Fsp3) is 0.444. The van der Waals surface area contributed by atoms with Gasteiger partial charge in [0, 0.05) is 13.1 Å². The fourth-order valence-corrected chi connectivity index (χ4v) is 4.33. The zero-order chi connectivity index (χ0) is 23.8. The Morgan fingerprint density at radius 3 is 1.84 bits per heavy atom. The lowest BCUT2D eigenvalue weighted by Gasteiger charge is -2.40. The molecule has 4 nitrogen and oxygen atoms in total. The first-order chi connectivity index (χ1) is 15.1. The number of aliphatic hydroxyl groups excluding tert-OH is 1.